The van der Waals surface area contributed by atoms with Crippen LogP contribution in [0, 0.1) is 0 Å². The van der Waals surface area contributed by atoms with Gasteiger partial charge in [-0.2, -0.15) is 0 Å². The highest BCUT2D eigenvalue weighted by Gasteiger charge is 2.12. The molecule has 0 aromatic carbocycles. The summed E-state index contributed by atoms with van der Waals surface area (Å²) in [5.74, 6) is 0. The normalized spacial score (nSPS) is 11.5. The molecule has 68 valence electrons. The lowest BCUT2D eigenvalue weighted by molar-refractivity contribution is 0.200. The zero-order valence-electron chi connectivity index (χ0n) is 7.96. The highest BCUT2D eigenvalue weighted by atomic mass is 28.3. The van der Waals surface area contributed by atoms with E-state index in [0.29, 0.717) is 0 Å². The van der Waals surface area contributed by atoms with E-state index in [9.17, 15) is 0 Å². The van der Waals surface area contributed by atoms with Crippen LogP contribution in [-0.2, 0) is 8.85 Å². The molecule has 0 radical (unpaired) electrons. The lowest BCUT2D eigenvalue weighted by Crippen LogP contribution is -2.35. The van der Waals surface area contributed by atoms with Gasteiger partial charge < -0.3 is 13.8 Å². The van der Waals surface area contributed by atoms with Gasteiger partial charge in [-0.25, -0.2) is 0 Å². The van der Waals surface area contributed by atoms with E-state index in [4.69, 9.17) is 8.85 Å². The Morgan fingerprint density at radius 1 is 1.09 bits per heavy atom. The Hall–Kier alpha value is 0.0969. The summed E-state index contributed by atoms with van der Waals surface area (Å²) in [5.41, 5.74) is 0. The first-order chi connectivity index (χ1) is 5.20. The highest BCUT2D eigenvalue weighted by molar-refractivity contribution is 6.44. The number of hydrogen-bond donors (Lipinski definition) is 0. The Kier molecular flexibility index (Phi) is 6.85. The predicted octanol–water partition coefficient (Wildman–Crippen LogP) is 0.381. The van der Waals surface area contributed by atoms with E-state index in [-0.39, 0.29) is 0 Å². The fourth-order valence-electron chi connectivity index (χ4n) is 0.823. The first-order valence-corrected chi connectivity index (χ1v) is 5.84. The Balaban J connectivity index is 3.50. The maximum atomic E-state index is 5.47. The molecule has 0 bridgehead atoms. The molecule has 0 aliphatic carbocycles. The molecule has 0 aliphatic heterocycles. The summed E-state index contributed by atoms with van der Waals surface area (Å²) >= 11 is 0. The summed E-state index contributed by atoms with van der Waals surface area (Å²) in [4.78, 5) is 2.11. The molecule has 11 heavy (non-hydrogen) atoms. The van der Waals surface area contributed by atoms with Gasteiger partial charge in [0.05, 0.1) is 0 Å². The van der Waals surface area contributed by atoms with Crippen molar-refractivity contribution in [1.82, 2.24) is 4.90 Å². The van der Waals surface area contributed by atoms with Crippen molar-refractivity contribution in [3.63, 3.8) is 0 Å². The van der Waals surface area contributed by atoms with E-state index >= 15 is 0 Å². The Morgan fingerprint density at radius 3 is 1.82 bits per heavy atom. The summed E-state index contributed by atoms with van der Waals surface area (Å²) in [6.45, 7) is 5.55. The quantitative estimate of drug-likeness (QED) is 0.548. The van der Waals surface area contributed by atoms with Crippen molar-refractivity contribution in [2.75, 3.05) is 33.5 Å². The fourth-order valence-corrected chi connectivity index (χ4v) is 2.47. The molecular weight excluding hydrogens is 158 g/mol. The van der Waals surface area contributed by atoms with E-state index in [2.05, 4.69) is 4.90 Å². The Labute approximate surface area is 71.1 Å². The maximum absolute atomic E-state index is 5.47. The molecule has 0 amide bonds. The lowest BCUT2D eigenvalue weighted by atomic mass is 10.9. The summed E-state index contributed by atoms with van der Waals surface area (Å²) in [6, 6.07) is 0. The molecule has 0 heterocycles. The molecule has 0 saturated carbocycles. The van der Waals surface area contributed by atoms with E-state index in [1.54, 1.807) is 0 Å². The van der Waals surface area contributed by atoms with Crippen LogP contribution in [0.5, 0.6) is 0 Å². The van der Waals surface area contributed by atoms with Crippen LogP contribution in [0.25, 0.3) is 0 Å². The van der Waals surface area contributed by atoms with Gasteiger partial charge in [-0.05, 0) is 27.9 Å². The van der Waals surface area contributed by atoms with E-state index in [0.717, 1.165) is 19.4 Å². The smallest absolute Gasteiger partial charge is 0.335 e. The summed E-state index contributed by atoms with van der Waals surface area (Å²) in [5, 5.41) is 0. The van der Waals surface area contributed by atoms with Gasteiger partial charge in [0.2, 0.25) is 0 Å². The third-order valence-electron chi connectivity index (χ3n) is 1.22. The van der Waals surface area contributed by atoms with Gasteiger partial charge in [0, 0.05) is 19.4 Å². The highest BCUT2D eigenvalue weighted by Crippen LogP contribution is 1.91. The first kappa shape index (κ1) is 11.1. The van der Waals surface area contributed by atoms with Crippen LogP contribution in [0.3, 0.4) is 0 Å². The SMILES string of the molecule is CCO[SiH](CN(C)C)OCC. The average molecular weight is 177 g/mol. The number of rotatable bonds is 6. The predicted molar refractivity (Wildman–Crippen MR) is 49.0 cm³/mol. The molecule has 0 saturated heterocycles. The summed E-state index contributed by atoms with van der Waals surface area (Å²) in [6.07, 6.45) is 0.960. The standard InChI is InChI=1S/C7H19NO2Si/c1-5-9-11(10-6-2)7-8(3)4/h11H,5-7H2,1-4H3. The van der Waals surface area contributed by atoms with Gasteiger partial charge in [-0.15, -0.1) is 0 Å². The first-order valence-electron chi connectivity index (χ1n) is 4.08. The molecular formula is C7H19NO2Si. The van der Waals surface area contributed by atoms with E-state index < -0.39 is 9.28 Å². The third kappa shape index (κ3) is 6.49. The van der Waals surface area contributed by atoms with Crippen molar-refractivity contribution in [2.45, 2.75) is 13.8 Å². The van der Waals surface area contributed by atoms with Crippen LogP contribution in [0.15, 0.2) is 0 Å². The molecule has 0 rings (SSSR count). The van der Waals surface area contributed by atoms with Crippen LogP contribution in [0.4, 0.5) is 0 Å². The number of hydrogen-bond acceptors (Lipinski definition) is 3. The Bertz CT molecular complexity index is 84.5. The molecule has 0 atom stereocenters. The minimum absolute atomic E-state index is 0.769. The van der Waals surface area contributed by atoms with Crippen LogP contribution in [0.1, 0.15) is 13.8 Å². The van der Waals surface area contributed by atoms with E-state index in [1.807, 2.05) is 27.9 Å². The molecule has 3 nitrogen and oxygen atoms in total. The van der Waals surface area contributed by atoms with Gasteiger partial charge >= 0.3 is 9.28 Å². The Morgan fingerprint density at radius 2 is 1.55 bits per heavy atom. The molecule has 0 aromatic heterocycles. The molecule has 0 spiro atoms. The molecule has 4 heteroatoms. The average Bonchev–Trinajstić information content (AvgIpc) is 1.87. The maximum Gasteiger partial charge on any atom is 0.335 e. The van der Waals surface area contributed by atoms with Crippen molar-refractivity contribution >= 4 is 9.28 Å². The van der Waals surface area contributed by atoms with Gasteiger partial charge in [0.25, 0.3) is 0 Å². The van der Waals surface area contributed by atoms with Crippen LogP contribution in [0.2, 0.25) is 0 Å². The van der Waals surface area contributed by atoms with Crippen LogP contribution in [-0.4, -0.2) is 47.7 Å². The fraction of sp³-hybridized carbons (Fsp3) is 1.00. The van der Waals surface area contributed by atoms with E-state index in [1.165, 1.54) is 0 Å². The topological polar surface area (TPSA) is 21.7 Å². The summed E-state index contributed by atoms with van der Waals surface area (Å²) in [7, 11) is 2.71. The molecule has 0 N–H and O–H groups in total. The molecule has 0 fully saturated rings. The second-order valence-electron chi connectivity index (χ2n) is 2.60. The molecule has 0 unspecified atom stereocenters. The van der Waals surface area contributed by atoms with Crippen molar-refractivity contribution < 1.29 is 8.85 Å². The monoisotopic (exact) mass is 177 g/mol. The second-order valence-corrected chi connectivity index (χ2v) is 4.49. The van der Waals surface area contributed by atoms with Crippen molar-refractivity contribution in [3.8, 4) is 0 Å². The zero-order valence-corrected chi connectivity index (χ0v) is 9.12. The minimum atomic E-state index is -1.37. The van der Waals surface area contributed by atoms with Crippen molar-refractivity contribution in [3.05, 3.63) is 0 Å². The van der Waals surface area contributed by atoms with Crippen molar-refractivity contribution in [2.24, 2.45) is 0 Å². The van der Waals surface area contributed by atoms with Crippen LogP contribution >= 0.6 is 0 Å². The van der Waals surface area contributed by atoms with Gasteiger partial charge in [0.1, 0.15) is 0 Å². The lowest BCUT2D eigenvalue weighted by Gasteiger charge is -2.18. The second kappa shape index (κ2) is 6.79. The largest absolute Gasteiger partial charge is 0.396 e. The van der Waals surface area contributed by atoms with Gasteiger partial charge in [-0.1, -0.05) is 0 Å². The molecule has 0 aromatic rings. The number of nitrogens with zero attached hydrogens (tertiary/aromatic N) is 1. The third-order valence-corrected chi connectivity index (χ3v) is 3.66. The minimum Gasteiger partial charge on any atom is -0.396 e. The van der Waals surface area contributed by atoms with Crippen molar-refractivity contribution in [1.29, 1.82) is 0 Å². The van der Waals surface area contributed by atoms with Gasteiger partial charge in [-0.3, -0.25) is 0 Å². The summed E-state index contributed by atoms with van der Waals surface area (Å²) < 4.78 is 10.9. The van der Waals surface area contributed by atoms with Crippen LogP contribution < -0.4 is 0 Å². The zero-order chi connectivity index (χ0) is 8.69. The van der Waals surface area contributed by atoms with Gasteiger partial charge in [0.15, 0.2) is 0 Å². The molecule has 0 aliphatic rings.